The van der Waals surface area contributed by atoms with Gasteiger partial charge in [0.1, 0.15) is 6.61 Å². The number of amides is 1. The molecule has 4 rings (SSSR count). The van der Waals surface area contributed by atoms with Gasteiger partial charge in [-0.05, 0) is 51.7 Å². The monoisotopic (exact) mass is 675 g/mol. The number of nitrogens with one attached hydrogen (secondary N) is 1. The molecule has 1 N–H and O–H groups in total. The number of hydrogen-bond acceptors (Lipinski definition) is 5. The van der Waals surface area contributed by atoms with E-state index in [0.717, 1.165) is 11.1 Å². The van der Waals surface area contributed by atoms with Crippen LogP contribution in [-0.2, 0) is 31.9 Å². The Bertz CT molecular complexity index is 1570. The van der Waals surface area contributed by atoms with Crippen molar-refractivity contribution in [2.75, 3.05) is 13.2 Å². The molecule has 256 valence electrons. The average molecular weight is 676 g/mol. The van der Waals surface area contributed by atoms with Crippen LogP contribution in [0.5, 0.6) is 0 Å². The second kappa shape index (κ2) is 19.5. The highest BCUT2D eigenvalue weighted by molar-refractivity contribution is 6.99. The molecular weight excluding hydrogens is 627 g/mol. The fourth-order valence-corrected chi connectivity index (χ4v) is 10.5. The van der Waals surface area contributed by atoms with Crippen LogP contribution in [0, 0.1) is 11.8 Å². The minimum absolute atomic E-state index is 0.102. The van der Waals surface area contributed by atoms with Gasteiger partial charge >= 0.3 is 6.09 Å². The zero-order valence-corrected chi connectivity index (χ0v) is 30.0. The van der Waals surface area contributed by atoms with Crippen LogP contribution in [0.3, 0.4) is 0 Å². The molecule has 0 aromatic heterocycles. The van der Waals surface area contributed by atoms with Gasteiger partial charge < -0.3 is 19.2 Å². The molecule has 4 aromatic carbocycles. The number of ether oxygens (including phenoxy) is 2. The van der Waals surface area contributed by atoms with E-state index < -0.39 is 20.5 Å². The number of hydrogen-bond donors (Lipinski definition) is 1. The summed E-state index contributed by atoms with van der Waals surface area (Å²) in [6, 6.07) is 40.2. The number of carbonyl (C=O) groups is 2. The molecule has 49 heavy (non-hydrogen) atoms. The third-order valence-corrected chi connectivity index (χ3v) is 13.4. The summed E-state index contributed by atoms with van der Waals surface area (Å²) in [4.78, 5) is 25.6. The number of rotatable bonds is 17. The molecule has 0 radical (unpaired) electrons. The first kappa shape index (κ1) is 37.3. The molecule has 0 aliphatic carbocycles. The van der Waals surface area contributed by atoms with Gasteiger partial charge in [0.05, 0.1) is 6.61 Å². The van der Waals surface area contributed by atoms with Gasteiger partial charge in [0.15, 0.2) is 0 Å². The molecule has 0 saturated heterocycles. The summed E-state index contributed by atoms with van der Waals surface area (Å²) in [6.07, 6.45) is 2.03. The maximum absolute atomic E-state index is 13.0. The molecule has 1 amide bonds. The predicted molar refractivity (Wildman–Crippen MR) is 199 cm³/mol. The van der Waals surface area contributed by atoms with E-state index >= 15 is 0 Å². The molecule has 1 atom stereocenters. The minimum Gasteiger partial charge on any atom is -0.445 e. The highest BCUT2D eigenvalue weighted by atomic mass is 28.4. The summed E-state index contributed by atoms with van der Waals surface area (Å²) < 4.78 is 18.2. The largest absolute Gasteiger partial charge is 0.445 e. The molecule has 0 heterocycles. The number of carbonyl (C=O) groups excluding carboxylic acids is 2. The second-order valence-corrected chi connectivity index (χ2v) is 17.4. The standard InChI is InChI=1S/C42H49NO5Si/c1-42(2,3)49(39-26-14-6-15-27-39,40-28-16-7-17-29-40)48-31-18-8-13-25-38(44)32-37(24-19-30-46-33-35-20-9-4-10-21-35)43-41(45)47-34-36-22-11-5-12-23-36/h4-7,9-12,14-17,20-23,26-29,37H,8,18-19,24,30-34H2,1-3H3,(H,43,45)/t37-/m1/s1. The van der Waals surface area contributed by atoms with Gasteiger partial charge in [-0.15, -0.1) is 0 Å². The Morgan fingerprint density at radius 1 is 0.714 bits per heavy atom. The van der Waals surface area contributed by atoms with Crippen LogP contribution in [0.2, 0.25) is 5.04 Å². The molecule has 0 spiro atoms. The molecule has 6 nitrogen and oxygen atoms in total. The predicted octanol–water partition coefficient (Wildman–Crippen LogP) is 7.60. The maximum Gasteiger partial charge on any atom is 0.407 e. The van der Waals surface area contributed by atoms with Crippen LogP contribution >= 0.6 is 0 Å². The van der Waals surface area contributed by atoms with Crippen molar-refractivity contribution in [3.8, 4) is 11.8 Å². The first-order valence-corrected chi connectivity index (χ1v) is 19.0. The maximum atomic E-state index is 13.0. The third kappa shape index (κ3) is 11.9. The first-order chi connectivity index (χ1) is 23.8. The SMILES string of the molecule is CC(C)(C)[Si](OCCCC#CC(=O)C[C@@H](CCCOCc1ccccc1)NC(=O)OCc1ccccc1)(c1ccccc1)c1ccccc1. The van der Waals surface area contributed by atoms with Gasteiger partial charge in [-0.25, -0.2) is 4.79 Å². The molecule has 4 aromatic rings. The van der Waals surface area contributed by atoms with Gasteiger partial charge in [-0.1, -0.05) is 148 Å². The van der Waals surface area contributed by atoms with Gasteiger partial charge in [-0.2, -0.15) is 0 Å². The highest BCUT2D eigenvalue weighted by Gasteiger charge is 2.49. The quantitative estimate of drug-likeness (QED) is 0.0540. The van der Waals surface area contributed by atoms with Gasteiger partial charge in [0.2, 0.25) is 5.78 Å². The van der Waals surface area contributed by atoms with E-state index in [1.165, 1.54) is 10.4 Å². The molecule has 0 aliphatic heterocycles. The number of benzene rings is 4. The highest BCUT2D eigenvalue weighted by Crippen LogP contribution is 2.36. The van der Waals surface area contributed by atoms with Gasteiger partial charge in [-0.3, -0.25) is 4.79 Å². The lowest BCUT2D eigenvalue weighted by Crippen LogP contribution is -2.66. The average Bonchev–Trinajstić information content (AvgIpc) is 3.11. The topological polar surface area (TPSA) is 73.9 Å². The fourth-order valence-electron chi connectivity index (χ4n) is 5.94. The zero-order valence-electron chi connectivity index (χ0n) is 29.0. The van der Waals surface area contributed by atoms with Crippen LogP contribution in [-0.4, -0.2) is 39.4 Å². The molecule has 0 unspecified atom stereocenters. The van der Waals surface area contributed by atoms with E-state index in [1.54, 1.807) is 0 Å². The van der Waals surface area contributed by atoms with Crippen molar-refractivity contribution in [1.29, 1.82) is 0 Å². The summed E-state index contributed by atoms with van der Waals surface area (Å²) in [5.74, 6) is 5.64. The lowest BCUT2D eigenvalue weighted by Gasteiger charge is -2.43. The zero-order chi connectivity index (χ0) is 34.8. The summed E-state index contributed by atoms with van der Waals surface area (Å²) in [6.45, 7) is 8.50. The van der Waals surface area contributed by atoms with Crippen LogP contribution < -0.4 is 15.7 Å². The Hall–Kier alpha value is -4.48. The van der Waals surface area contributed by atoms with Gasteiger partial charge in [0.25, 0.3) is 8.32 Å². The Balaban J connectivity index is 1.31. The third-order valence-electron chi connectivity index (χ3n) is 8.33. The summed E-state index contributed by atoms with van der Waals surface area (Å²) in [5, 5.41) is 5.25. The number of unbranched alkanes of at least 4 members (excludes halogenated alkanes) is 1. The minimum atomic E-state index is -2.61. The summed E-state index contributed by atoms with van der Waals surface area (Å²) in [5.41, 5.74) is 1.99. The van der Waals surface area contributed by atoms with E-state index in [0.29, 0.717) is 45.5 Å². The Kier molecular flexibility index (Phi) is 14.9. The van der Waals surface area contributed by atoms with E-state index in [1.807, 2.05) is 72.8 Å². The molecular formula is C42H49NO5Si. The Labute approximate surface area is 293 Å². The number of ketones is 1. The van der Waals surface area contributed by atoms with Crippen molar-refractivity contribution in [2.24, 2.45) is 0 Å². The van der Waals surface area contributed by atoms with Crippen molar-refractivity contribution >= 4 is 30.6 Å². The Morgan fingerprint density at radius 2 is 1.24 bits per heavy atom. The van der Waals surface area contributed by atoms with Gasteiger partial charge in [0, 0.05) is 32.1 Å². The van der Waals surface area contributed by atoms with E-state index in [-0.39, 0.29) is 23.8 Å². The van der Waals surface area contributed by atoms with Crippen molar-refractivity contribution in [2.45, 2.75) is 77.2 Å². The lowest BCUT2D eigenvalue weighted by atomic mass is 10.1. The number of Topliss-reactive ketones (excluding diaryl/α,β-unsaturated/α-hetero) is 1. The summed E-state index contributed by atoms with van der Waals surface area (Å²) >= 11 is 0. The van der Waals surface area contributed by atoms with Crippen LogP contribution in [0.25, 0.3) is 0 Å². The molecule has 0 fully saturated rings. The number of alkyl carbamates (subject to hydrolysis) is 1. The van der Waals surface area contributed by atoms with Crippen molar-refractivity contribution in [1.82, 2.24) is 5.32 Å². The molecule has 7 heteroatoms. The van der Waals surface area contributed by atoms with Crippen molar-refractivity contribution in [3.05, 3.63) is 132 Å². The van der Waals surface area contributed by atoms with Crippen molar-refractivity contribution < 1.29 is 23.5 Å². The van der Waals surface area contributed by atoms with Crippen molar-refractivity contribution in [3.63, 3.8) is 0 Å². The normalized spacial score (nSPS) is 12.0. The summed E-state index contributed by atoms with van der Waals surface area (Å²) in [7, 11) is -2.61. The smallest absolute Gasteiger partial charge is 0.407 e. The first-order valence-electron chi connectivity index (χ1n) is 17.1. The fraction of sp³-hybridized carbons (Fsp3) is 0.333. The van der Waals surface area contributed by atoms with E-state index in [4.69, 9.17) is 13.9 Å². The van der Waals surface area contributed by atoms with Crippen LogP contribution in [0.4, 0.5) is 4.79 Å². The molecule has 0 saturated carbocycles. The van der Waals surface area contributed by atoms with E-state index in [2.05, 4.69) is 86.5 Å². The van der Waals surface area contributed by atoms with Crippen LogP contribution in [0.1, 0.15) is 64.0 Å². The Morgan fingerprint density at radius 3 is 1.80 bits per heavy atom. The molecule has 0 bridgehead atoms. The van der Waals surface area contributed by atoms with Crippen LogP contribution in [0.15, 0.2) is 121 Å². The molecule has 0 aliphatic rings. The second-order valence-electron chi connectivity index (χ2n) is 13.1. The lowest BCUT2D eigenvalue weighted by molar-refractivity contribution is -0.114. The van der Waals surface area contributed by atoms with E-state index in [9.17, 15) is 9.59 Å².